The zero-order chi connectivity index (χ0) is 11.5. The fraction of sp³-hybridized carbons (Fsp3) is 0.0909. The zero-order valence-corrected chi connectivity index (χ0v) is 10.3. The van der Waals surface area contributed by atoms with Crippen LogP contribution in [0, 0.1) is 6.92 Å². The van der Waals surface area contributed by atoms with E-state index in [-0.39, 0.29) is 0 Å². The van der Waals surface area contributed by atoms with Gasteiger partial charge in [0.2, 0.25) is 0 Å². The van der Waals surface area contributed by atoms with Gasteiger partial charge < -0.3 is 11.1 Å². The Morgan fingerprint density at radius 1 is 1.25 bits per heavy atom. The van der Waals surface area contributed by atoms with E-state index in [9.17, 15) is 0 Å². The largest absolute Gasteiger partial charge is 0.381 e. The number of hydrogen-bond donors (Lipinski definition) is 2. The number of hydrogen-bond acceptors (Lipinski definition) is 4. The van der Waals surface area contributed by atoms with Crippen LogP contribution < -0.4 is 11.1 Å². The molecule has 2 rings (SSSR count). The number of rotatable bonds is 2. The second-order valence-corrected chi connectivity index (χ2v) is 4.25. The maximum atomic E-state index is 5.70. The van der Waals surface area contributed by atoms with Crippen LogP contribution >= 0.6 is 15.9 Å². The van der Waals surface area contributed by atoms with E-state index in [1.165, 1.54) is 5.56 Å². The highest BCUT2D eigenvalue weighted by molar-refractivity contribution is 9.10. The highest BCUT2D eigenvalue weighted by Gasteiger charge is 2.04. The van der Waals surface area contributed by atoms with E-state index in [1.807, 2.05) is 25.1 Å². The molecular weight excluding hydrogens is 268 g/mol. The molecule has 16 heavy (non-hydrogen) atoms. The lowest BCUT2D eigenvalue weighted by Gasteiger charge is -2.09. The summed E-state index contributed by atoms with van der Waals surface area (Å²) in [6, 6.07) is 6.00. The summed E-state index contributed by atoms with van der Waals surface area (Å²) in [6.45, 7) is 2.03. The van der Waals surface area contributed by atoms with Gasteiger partial charge in [-0.2, -0.15) is 0 Å². The van der Waals surface area contributed by atoms with E-state index in [1.54, 1.807) is 12.4 Å². The smallest absolute Gasteiger partial charge is 0.173 e. The fourth-order valence-corrected chi connectivity index (χ4v) is 1.89. The molecule has 0 bridgehead atoms. The summed E-state index contributed by atoms with van der Waals surface area (Å²) in [5.41, 5.74) is 7.80. The molecule has 0 radical (unpaired) electrons. The lowest BCUT2D eigenvalue weighted by Crippen LogP contribution is -2.01. The SMILES string of the molecule is Cc1ccc(Nc2nccnc2N)c(Br)c1. The molecule has 1 heterocycles. The average Bonchev–Trinajstić information content (AvgIpc) is 2.25. The Balaban J connectivity index is 2.31. The maximum Gasteiger partial charge on any atom is 0.173 e. The van der Waals surface area contributed by atoms with Crippen LogP contribution in [0.3, 0.4) is 0 Å². The van der Waals surface area contributed by atoms with Gasteiger partial charge in [-0.25, -0.2) is 9.97 Å². The van der Waals surface area contributed by atoms with Crippen molar-refractivity contribution in [3.8, 4) is 0 Å². The topological polar surface area (TPSA) is 63.8 Å². The highest BCUT2D eigenvalue weighted by atomic mass is 79.9. The number of nitrogens with one attached hydrogen (secondary N) is 1. The maximum absolute atomic E-state index is 5.70. The average molecular weight is 279 g/mol. The number of halogens is 1. The molecule has 82 valence electrons. The third kappa shape index (κ3) is 2.30. The van der Waals surface area contributed by atoms with Gasteiger partial charge in [0, 0.05) is 16.9 Å². The predicted octanol–water partition coefficient (Wildman–Crippen LogP) is 2.87. The number of anilines is 3. The molecule has 2 aromatic rings. The molecule has 4 nitrogen and oxygen atoms in total. The second kappa shape index (κ2) is 4.49. The summed E-state index contributed by atoms with van der Waals surface area (Å²) in [5.74, 6) is 0.946. The van der Waals surface area contributed by atoms with Crippen LogP contribution in [0.4, 0.5) is 17.3 Å². The van der Waals surface area contributed by atoms with Gasteiger partial charge in [-0.1, -0.05) is 6.07 Å². The molecule has 0 unspecified atom stereocenters. The molecule has 0 amide bonds. The van der Waals surface area contributed by atoms with Crippen molar-refractivity contribution < 1.29 is 0 Å². The van der Waals surface area contributed by atoms with Gasteiger partial charge in [0.25, 0.3) is 0 Å². The first-order chi connectivity index (χ1) is 7.66. The van der Waals surface area contributed by atoms with Crippen LogP contribution in [-0.4, -0.2) is 9.97 Å². The second-order valence-electron chi connectivity index (χ2n) is 3.40. The van der Waals surface area contributed by atoms with E-state index < -0.39 is 0 Å². The van der Waals surface area contributed by atoms with Crippen molar-refractivity contribution in [3.63, 3.8) is 0 Å². The Morgan fingerprint density at radius 2 is 2.00 bits per heavy atom. The Labute approximate surface area is 102 Å². The van der Waals surface area contributed by atoms with E-state index in [0.717, 1.165) is 10.2 Å². The minimum atomic E-state index is 0.384. The molecule has 5 heteroatoms. The molecule has 0 spiro atoms. The van der Waals surface area contributed by atoms with Gasteiger partial charge in [0.1, 0.15) is 0 Å². The van der Waals surface area contributed by atoms with Gasteiger partial charge in [0.05, 0.1) is 5.69 Å². The van der Waals surface area contributed by atoms with Crippen molar-refractivity contribution in [2.24, 2.45) is 0 Å². The van der Waals surface area contributed by atoms with Gasteiger partial charge in [0.15, 0.2) is 11.6 Å². The van der Waals surface area contributed by atoms with Crippen LogP contribution in [0.5, 0.6) is 0 Å². The molecule has 3 N–H and O–H groups in total. The first-order valence-electron chi connectivity index (χ1n) is 4.76. The number of nitrogens with two attached hydrogens (primary N) is 1. The molecule has 1 aromatic heterocycles. The van der Waals surface area contributed by atoms with Gasteiger partial charge in [-0.3, -0.25) is 0 Å². The van der Waals surface area contributed by atoms with Crippen molar-refractivity contribution in [2.75, 3.05) is 11.1 Å². The number of aryl methyl sites for hydroxylation is 1. The van der Waals surface area contributed by atoms with Crippen LogP contribution in [0.25, 0.3) is 0 Å². The predicted molar refractivity (Wildman–Crippen MR) is 68.6 cm³/mol. The molecule has 1 aromatic carbocycles. The fourth-order valence-electron chi connectivity index (χ4n) is 1.29. The van der Waals surface area contributed by atoms with Crippen LogP contribution in [0.15, 0.2) is 35.1 Å². The van der Waals surface area contributed by atoms with Crippen molar-refractivity contribution in [2.45, 2.75) is 6.92 Å². The van der Waals surface area contributed by atoms with Crippen LogP contribution in [-0.2, 0) is 0 Å². The molecule has 0 aliphatic rings. The van der Waals surface area contributed by atoms with Crippen LogP contribution in [0.2, 0.25) is 0 Å². The van der Waals surface area contributed by atoms with Gasteiger partial charge in [-0.15, -0.1) is 0 Å². The molecule has 0 aliphatic heterocycles. The number of benzene rings is 1. The Morgan fingerprint density at radius 3 is 2.69 bits per heavy atom. The normalized spacial score (nSPS) is 10.1. The number of nitrogen functional groups attached to an aromatic ring is 1. The van der Waals surface area contributed by atoms with E-state index in [0.29, 0.717) is 11.6 Å². The Kier molecular flexibility index (Phi) is 3.05. The first kappa shape index (κ1) is 10.9. The monoisotopic (exact) mass is 278 g/mol. The summed E-state index contributed by atoms with van der Waals surface area (Å²) < 4.78 is 0.970. The van der Waals surface area contributed by atoms with Crippen molar-refractivity contribution >= 4 is 33.3 Å². The summed E-state index contributed by atoms with van der Waals surface area (Å²) in [5, 5.41) is 3.12. The van der Waals surface area contributed by atoms with Crippen molar-refractivity contribution in [1.29, 1.82) is 0 Å². The molecule has 0 aliphatic carbocycles. The molecule has 0 saturated heterocycles. The quantitative estimate of drug-likeness (QED) is 0.887. The van der Waals surface area contributed by atoms with E-state index >= 15 is 0 Å². The molecular formula is C11H11BrN4. The highest BCUT2D eigenvalue weighted by Crippen LogP contribution is 2.27. The van der Waals surface area contributed by atoms with Gasteiger partial charge >= 0.3 is 0 Å². The lowest BCUT2D eigenvalue weighted by atomic mass is 10.2. The lowest BCUT2D eigenvalue weighted by molar-refractivity contribution is 1.21. The molecule has 0 saturated carbocycles. The van der Waals surface area contributed by atoms with Crippen LogP contribution in [0.1, 0.15) is 5.56 Å². The van der Waals surface area contributed by atoms with Crippen molar-refractivity contribution in [1.82, 2.24) is 9.97 Å². The third-order valence-electron chi connectivity index (χ3n) is 2.10. The van der Waals surface area contributed by atoms with E-state index in [2.05, 4.69) is 31.2 Å². The first-order valence-corrected chi connectivity index (χ1v) is 5.56. The molecule has 0 atom stereocenters. The molecule has 0 fully saturated rings. The third-order valence-corrected chi connectivity index (χ3v) is 2.76. The standard InChI is InChI=1S/C11H11BrN4/c1-7-2-3-9(8(12)6-7)16-11-10(13)14-4-5-15-11/h2-6H,1H3,(H2,13,14)(H,15,16). The number of nitrogens with zero attached hydrogens (tertiary/aromatic N) is 2. The van der Waals surface area contributed by atoms with Crippen molar-refractivity contribution in [3.05, 3.63) is 40.6 Å². The van der Waals surface area contributed by atoms with Gasteiger partial charge in [-0.05, 0) is 40.5 Å². The Hall–Kier alpha value is -1.62. The van der Waals surface area contributed by atoms with E-state index in [4.69, 9.17) is 5.73 Å². The summed E-state index contributed by atoms with van der Waals surface area (Å²) >= 11 is 3.48. The summed E-state index contributed by atoms with van der Waals surface area (Å²) in [7, 11) is 0. The summed E-state index contributed by atoms with van der Waals surface area (Å²) in [6.07, 6.45) is 3.16. The minimum Gasteiger partial charge on any atom is -0.381 e. The minimum absolute atomic E-state index is 0.384. The number of aromatic nitrogens is 2. The zero-order valence-electron chi connectivity index (χ0n) is 8.74. The Bertz CT molecular complexity index is 513. The summed E-state index contributed by atoms with van der Waals surface area (Å²) in [4.78, 5) is 8.08.